The highest BCUT2D eigenvalue weighted by atomic mass is 19.4. The Hall–Kier alpha value is -2.55. The van der Waals surface area contributed by atoms with Gasteiger partial charge in [0, 0.05) is 12.1 Å². The van der Waals surface area contributed by atoms with Crippen molar-refractivity contribution in [3.63, 3.8) is 0 Å². The molecule has 1 aliphatic carbocycles. The molecular weight excluding hydrogens is 385 g/mol. The highest BCUT2D eigenvalue weighted by Gasteiger charge is 2.38. The number of piperidine rings is 1. The Balaban J connectivity index is 0.000000298. The second kappa shape index (κ2) is 8.86. The van der Waals surface area contributed by atoms with E-state index in [1.54, 1.807) is 0 Å². The largest absolute Gasteiger partial charge is 0.490 e. The van der Waals surface area contributed by atoms with Crippen molar-refractivity contribution in [2.75, 3.05) is 25.5 Å². The van der Waals surface area contributed by atoms with E-state index in [4.69, 9.17) is 9.90 Å². The molecule has 0 amide bonds. The topological polar surface area (TPSA) is 70.4 Å². The van der Waals surface area contributed by atoms with E-state index in [2.05, 4.69) is 57.4 Å². The molecule has 0 saturated carbocycles. The molecule has 0 spiro atoms. The number of carbonyl (C=O) groups is 1. The van der Waals surface area contributed by atoms with Crippen LogP contribution >= 0.6 is 0 Å². The predicted molar refractivity (Wildman–Crippen MR) is 103 cm³/mol. The van der Waals surface area contributed by atoms with Gasteiger partial charge in [0.2, 0.25) is 0 Å². The number of fused-ring (bicyclic) bond motifs is 1. The minimum atomic E-state index is -5.08. The van der Waals surface area contributed by atoms with Crippen LogP contribution in [-0.2, 0) is 17.6 Å². The predicted octanol–water partition coefficient (Wildman–Crippen LogP) is 3.36. The molecule has 1 saturated heterocycles. The second-order valence-electron chi connectivity index (χ2n) is 7.52. The molecule has 6 nitrogen and oxygen atoms in total. The average Bonchev–Trinajstić information content (AvgIpc) is 3.28. The van der Waals surface area contributed by atoms with E-state index in [1.807, 2.05) is 6.20 Å². The Labute approximate surface area is 167 Å². The van der Waals surface area contributed by atoms with Crippen LogP contribution in [0.3, 0.4) is 0 Å². The van der Waals surface area contributed by atoms with Gasteiger partial charge in [0.05, 0.1) is 12.2 Å². The van der Waals surface area contributed by atoms with Crippen molar-refractivity contribution in [1.29, 1.82) is 0 Å². The van der Waals surface area contributed by atoms with Crippen molar-refractivity contribution in [2.24, 2.45) is 0 Å². The van der Waals surface area contributed by atoms with Gasteiger partial charge in [-0.3, -0.25) is 0 Å². The highest BCUT2D eigenvalue weighted by molar-refractivity contribution is 5.73. The van der Waals surface area contributed by atoms with Crippen LogP contribution < -0.4 is 5.32 Å². The normalized spacial score (nSPS) is 18.1. The summed E-state index contributed by atoms with van der Waals surface area (Å²) in [6.45, 7) is 2.33. The fourth-order valence-electron chi connectivity index (χ4n) is 3.83. The zero-order chi connectivity index (χ0) is 21.0. The van der Waals surface area contributed by atoms with Gasteiger partial charge in [0.25, 0.3) is 0 Å². The Bertz CT molecular complexity index is 804. The average molecular weight is 410 g/mol. The number of likely N-dealkylation sites (tertiary alicyclic amines) is 1. The fourth-order valence-corrected chi connectivity index (χ4v) is 3.83. The minimum Gasteiger partial charge on any atom is -0.475 e. The van der Waals surface area contributed by atoms with E-state index in [0.717, 1.165) is 12.8 Å². The molecule has 29 heavy (non-hydrogen) atoms. The van der Waals surface area contributed by atoms with Gasteiger partial charge in [0.1, 0.15) is 5.82 Å². The molecular formula is C20H25F3N4O2. The Kier molecular flexibility index (Phi) is 6.46. The number of nitrogens with one attached hydrogen (secondary N) is 1. The Morgan fingerprint density at radius 3 is 2.21 bits per heavy atom. The molecule has 2 aromatic rings. The lowest BCUT2D eigenvalue weighted by Gasteiger charge is -2.30. The Morgan fingerprint density at radius 2 is 1.69 bits per heavy atom. The lowest BCUT2D eigenvalue weighted by molar-refractivity contribution is -0.192. The van der Waals surface area contributed by atoms with E-state index in [9.17, 15) is 13.2 Å². The first-order valence-corrected chi connectivity index (χ1v) is 9.59. The van der Waals surface area contributed by atoms with E-state index >= 15 is 0 Å². The minimum absolute atomic E-state index is 0.499. The molecule has 0 radical (unpaired) electrons. The van der Waals surface area contributed by atoms with Crippen molar-refractivity contribution in [2.45, 2.75) is 43.9 Å². The standard InChI is InChI=1S/C18H24N4.C2HF3O2/c1-21-10-7-17(8-11-21)22-18(6-9-19-22)20-16-12-14-4-2-3-5-15(14)13-16;3-2(4,5)1(6)7/h2-6,9,16-17,20H,7-8,10-13H2,1H3;(H,6,7). The molecule has 4 rings (SSSR count). The number of carboxylic acids is 1. The van der Waals surface area contributed by atoms with Crippen LogP contribution in [-0.4, -0.2) is 58.1 Å². The first-order valence-electron chi connectivity index (χ1n) is 9.59. The van der Waals surface area contributed by atoms with Gasteiger partial charge < -0.3 is 15.3 Å². The zero-order valence-corrected chi connectivity index (χ0v) is 16.2. The van der Waals surface area contributed by atoms with Gasteiger partial charge >= 0.3 is 12.1 Å². The number of alkyl halides is 3. The Morgan fingerprint density at radius 1 is 1.14 bits per heavy atom. The summed E-state index contributed by atoms with van der Waals surface area (Å²) in [5.41, 5.74) is 2.98. The summed E-state index contributed by atoms with van der Waals surface area (Å²) < 4.78 is 34.0. The van der Waals surface area contributed by atoms with E-state index < -0.39 is 12.1 Å². The third-order valence-electron chi connectivity index (χ3n) is 5.35. The molecule has 9 heteroatoms. The van der Waals surface area contributed by atoms with Crippen molar-refractivity contribution in [3.05, 3.63) is 47.7 Å². The number of hydrogen-bond donors (Lipinski definition) is 2. The van der Waals surface area contributed by atoms with E-state index in [1.165, 1.54) is 42.9 Å². The van der Waals surface area contributed by atoms with Crippen LogP contribution in [0.2, 0.25) is 0 Å². The summed E-state index contributed by atoms with van der Waals surface area (Å²) in [6, 6.07) is 12.0. The van der Waals surface area contributed by atoms with Crippen LogP contribution in [0, 0.1) is 0 Å². The number of carboxylic acid groups (broad SMARTS) is 1. The molecule has 2 N–H and O–H groups in total. The van der Waals surface area contributed by atoms with Gasteiger partial charge in [-0.1, -0.05) is 24.3 Å². The maximum Gasteiger partial charge on any atom is 0.490 e. The monoisotopic (exact) mass is 410 g/mol. The highest BCUT2D eigenvalue weighted by Crippen LogP contribution is 2.28. The number of hydrogen-bond acceptors (Lipinski definition) is 4. The molecule has 1 fully saturated rings. The molecule has 1 aromatic heterocycles. The maximum atomic E-state index is 10.6. The number of aliphatic carboxylic acids is 1. The van der Waals surface area contributed by atoms with Crippen LogP contribution in [0.1, 0.15) is 30.0 Å². The molecule has 158 valence electrons. The number of aromatic nitrogens is 2. The van der Waals surface area contributed by atoms with Gasteiger partial charge in [-0.2, -0.15) is 18.3 Å². The van der Waals surface area contributed by atoms with Gasteiger partial charge in [-0.15, -0.1) is 0 Å². The second-order valence-corrected chi connectivity index (χ2v) is 7.52. The summed E-state index contributed by atoms with van der Waals surface area (Å²) in [6.07, 6.45) is 1.47. The lowest BCUT2D eigenvalue weighted by atomic mass is 10.1. The van der Waals surface area contributed by atoms with Gasteiger partial charge in [0.15, 0.2) is 0 Å². The molecule has 1 aliphatic heterocycles. The molecule has 0 bridgehead atoms. The zero-order valence-electron chi connectivity index (χ0n) is 16.2. The van der Waals surface area contributed by atoms with Crippen molar-refractivity contribution in [1.82, 2.24) is 14.7 Å². The molecule has 2 heterocycles. The third kappa shape index (κ3) is 5.50. The third-order valence-corrected chi connectivity index (χ3v) is 5.35. The quantitative estimate of drug-likeness (QED) is 0.812. The summed E-state index contributed by atoms with van der Waals surface area (Å²) in [5, 5.41) is 15.4. The molecule has 0 atom stereocenters. The smallest absolute Gasteiger partial charge is 0.475 e. The van der Waals surface area contributed by atoms with Crippen LogP contribution in [0.4, 0.5) is 19.0 Å². The lowest BCUT2D eigenvalue weighted by Crippen LogP contribution is -2.33. The fraction of sp³-hybridized carbons (Fsp3) is 0.500. The summed E-state index contributed by atoms with van der Waals surface area (Å²) in [7, 11) is 2.20. The van der Waals surface area contributed by atoms with Crippen LogP contribution in [0.25, 0.3) is 0 Å². The first-order chi connectivity index (χ1) is 13.7. The first kappa shape index (κ1) is 21.2. The number of nitrogens with zero attached hydrogens (tertiary/aromatic N) is 3. The molecule has 0 unspecified atom stereocenters. The maximum absolute atomic E-state index is 10.6. The SMILES string of the molecule is CN1CCC(n2nccc2NC2Cc3ccccc3C2)CC1.O=C(O)C(F)(F)F. The number of rotatable bonds is 3. The van der Waals surface area contributed by atoms with Crippen LogP contribution in [0.5, 0.6) is 0 Å². The summed E-state index contributed by atoms with van der Waals surface area (Å²) >= 11 is 0. The summed E-state index contributed by atoms with van der Waals surface area (Å²) in [5.74, 6) is -1.57. The number of benzene rings is 1. The van der Waals surface area contributed by atoms with E-state index in [0.29, 0.717) is 12.1 Å². The van der Waals surface area contributed by atoms with Crippen molar-refractivity contribution < 1.29 is 23.1 Å². The van der Waals surface area contributed by atoms with Gasteiger partial charge in [-0.25, -0.2) is 9.48 Å². The number of anilines is 1. The van der Waals surface area contributed by atoms with Crippen molar-refractivity contribution in [3.8, 4) is 0 Å². The molecule has 2 aliphatic rings. The van der Waals surface area contributed by atoms with E-state index in [-0.39, 0.29) is 0 Å². The van der Waals surface area contributed by atoms with Crippen LogP contribution in [0.15, 0.2) is 36.5 Å². The molecule has 1 aromatic carbocycles. The van der Waals surface area contributed by atoms with Gasteiger partial charge in [-0.05, 0) is 56.9 Å². The summed E-state index contributed by atoms with van der Waals surface area (Å²) in [4.78, 5) is 11.3. The number of halogens is 3. The van der Waals surface area contributed by atoms with Crippen molar-refractivity contribution >= 4 is 11.8 Å².